The van der Waals surface area contributed by atoms with E-state index >= 15 is 0 Å². The molecule has 1 amide bonds. The predicted molar refractivity (Wildman–Crippen MR) is 118 cm³/mol. The van der Waals surface area contributed by atoms with Gasteiger partial charge in [-0.15, -0.1) is 0 Å². The number of nitrogens with zero attached hydrogens (tertiary/aromatic N) is 2. The standard InChI is InChI=1S/C23H15F2N3O4S/c24-16-4-3-5-17(25)21(16)22(30)31-15-10-8-14(9-11-15)12-26-28-20(29)13-33-23-27-18-6-1-2-7-19(18)32-23/h1-12H,13H2,(H,28,29)/b26-12-. The van der Waals surface area contributed by atoms with Crippen LogP contribution < -0.4 is 10.2 Å². The van der Waals surface area contributed by atoms with Crippen molar-refractivity contribution in [1.82, 2.24) is 10.4 Å². The highest BCUT2D eigenvalue weighted by Crippen LogP contribution is 2.23. The summed E-state index contributed by atoms with van der Waals surface area (Å²) < 4.78 is 37.9. The van der Waals surface area contributed by atoms with Crippen LogP contribution in [0.5, 0.6) is 5.75 Å². The summed E-state index contributed by atoms with van der Waals surface area (Å²) in [6, 6.07) is 16.4. The number of thioether (sulfide) groups is 1. The molecule has 0 saturated carbocycles. The Morgan fingerprint density at radius 3 is 2.48 bits per heavy atom. The number of carbonyl (C=O) groups is 2. The van der Waals surface area contributed by atoms with Gasteiger partial charge in [0.15, 0.2) is 5.58 Å². The van der Waals surface area contributed by atoms with E-state index in [4.69, 9.17) is 9.15 Å². The molecule has 1 aromatic heterocycles. The number of esters is 1. The van der Waals surface area contributed by atoms with E-state index in [1.54, 1.807) is 18.2 Å². The molecule has 0 saturated heterocycles. The topological polar surface area (TPSA) is 93.8 Å². The van der Waals surface area contributed by atoms with Crippen LogP contribution in [0.1, 0.15) is 15.9 Å². The van der Waals surface area contributed by atoms with E-state index in [2.05, 4.69) is 15.5 Å². The Balaban J connectivity index is 1.27. The lowest BCUT2D eigenvalue weighted by Crippen LogP contribution is -2.19. The van der Waals surface area contributed by atoms with E-state index in [0.29, 0.717) is 21.9 Å². The van der Waals surface area contributed by atoms with Gasteiger partial charge in [0, 0.05) is 0 Å². The normalized spacial score (nSPS) is 11.1. The molecule has 33 heavy (non-hydrogen) atoms. The maximum absolute atomic E-state index is 13.7. The molecule has 7 nitrogen and oxygen atoms in total. The zero-order valence-corrected chi connectivity index (χ0v) is 17.6. The molecule has 0 radical (unpaired) electrons. The van der Waals surface area contributed by atoms with Gasteiger partial charge in [-0.2, -0.15) is 5.10 Å². The van der Waals surface area contributed by atoms with Gasteiger partial charge in [0.2, 0.25) is 0 Å². The van der Waals surface area contributed by atoms with Crippen molar-refractivity contribution in [1.29, 1.82) is 0 Å². The zero-order chi connectivity index (χ0) is 23.2. The summed E-state index contributed by atoms with van der Waals surface area (Å²) >= 11 is 1.14. The molecule has 166 valence electrons. The molecule has 3 aromatic carbocycles. The molecule has 1 N–H and O–H groups in total. The number of halogens is 2. The van der Waals surface area contributed by atoms with E-state index in [0.717, 1.165) is 30.0 Å². The number of hydrogen-bond donors (Lipinski definition) is 1. The minimum Gasteiger partial charge on any atom is -0.431 e. The van der Waals surface area contributed by atoms with Crippen molar-refractivity contribution in [2.24, 2.45) is 5.10 Å². The minimum atomic E-state index is -1.14. The van der Waals surface area contributed by atoms with Gasteiger partial charge in [-0.1, -0.05) is 30.0 Å². The number of amides is 1. The first kappa shape index (κ1) is 22.2. The van der Waals surface area contributed by atoms with Crippen LogP contribution in [0.3, 0.4) is 0 Å². The second-order valence-corrected chi connectivity index (χ2v) is 7.51. The summed E-state index contributed by atoms with van der Waals surface area (Å²) in [7, 11) is 0. The van der Waals surface area contributed by atoms with Crippen LogP contribution in [0.4, 0.5) is 8.78 Å². The number of nitrogens with one attached hydrogen (secondary N) is 1. The number of carbonyl (C=O) groups excluding carboxylic acids is 2. The summed E-state index contributed by atoms with van der Waals surface area (Å²) in [6.45, 7) is 0. The first-order chi connectivity index (χ1) is 16.0. The third-order valence-corrected chi connectivity index (χ3v) is 5.09. The van der Waals surface area contributed by atoms with Crippen molar-refractivity contribution in [3.05, 3.63) is 89.5 Å². The van der Waals surface area contributed by atoms with Crippen molar-refractivity contribution in [3.8, 4) is 5.75 Å². The van der Waals surface area contributed by atoms with Crippen LogP contribution in [0.2, 0.25) is 0 Å². The van der Waals surface area contributed by atoms with Crippen molar-refractivity contribution in [2.75, 3.05) is 5.75 Å². The Hall–Kier alpha value is -4.05. The Bertz CT molecular complexity index is 1290. The van der Waals surface area contributed by atoms with Gasteiger partial charge in [-0.25, -0.2) is 24.0 Å². The fraction of sp³-hybridized carbons (Fsp3) is 0.0435. The average molecular weight is 467 g/mol. The van der Waals surface area contributed by atoms with Crippen molar-refractivity contribution < 1.29 is 27.5 Å². The second kappa shape index (κ2) is 10.0. The molecule has 0 unspecified atom stereocenters. The van der Waals surface area contributed by atoms with Crippen molar-refractivity contribution in [3.63, 3.8) is 0 Å². The first-order valence-corrected chi connectivity index (χ1v) is 10.5. The molecule has 1 heterocycles. The fourth-order valence-corrected chi connectivity index (χ4v) is 3.35. The van der Waals surface area contributed by atoms with Crippen molar-refractivity contribution >= 4 is 41.0 Å². The summed E-state index contributed by atoms with van der Waals surface area (Å²) in [4.78, 5) is 28.2. The maximum atomic E-state index is 13.7. The average Bonchev–Trinajstić information content (AvgIpc) is 3.22. The van der Waals surface area contributed by atoms with E-state index in [1.807, 2.05) is 18.2 Å². The number of hydrazone groups is 1. The molecule has 0 aliphatic carbocycles. The van der Waals surface area contributed by atoms with Gasteiger partial charge >= 0.3 is 5.97 Å². The second-order valence-electron chi connectivity index (χ2n) is 6.58. The van der Waals surface area contributed by atoms with Crippen LogP contribution in [-0.2, 0) is 4.79 Å². The zero-order valence-electron chi connectivity index (χ0n) is 16.8. The molecule has 0 aliphatic heterocycles. The lowest BCUT2D eigenvalue weighted by atomic mass is 10.2. The van der Waals surface area contributed by atoms with Gasteiger partial charge in [-0.05, 0) is 54.1 Å². The third-order valence-electron chi connectivity index (χ3n) is 4.26. The Morgan fingerprint density at radius 2 is 1.76 bits per heavy atom. The van der Waals surface area contributed by atoms with E-state index in [9.17, 15) is 18.4 Å². The molecular weight excluding hydrogens is 452 g/mol. The Kier molecular flexibility index (Phi) is 6.75. The van der Waals surface area contributed by atoms with Crippen LogP contribution in [-0.4, -0.2) is 28.8 Å². The Morgan fingerprint density at radius 1 is 1.03 bits per heavy atom. The molecule has 10 heteroatoms. The number of benzene rings is 3. The summed E-state index contributed by atoms with van der Waals surface area (Å²) in [5.41, 5.74) is 3.58. The lowest BCUT2D eigenvalue weighted by molar-refractivity contribution is -0.118. The first-order valence-electron chi connectivity index (χ1n) is 9.56. The molecule has 4 rings (SSSR count). The molecule has 0 fully saturated rings. The molecular formula is C23H15F2N3O4S. The van der Waals surface area contributed by atoms with Gasteiger partial charge < -0.3 is 9.15 Å². The van der Waals surface area contributed by atoms with E-state index in [-0.39, 0.29) is 17.4 Å². The predicted octanol–water partition coefficient (Wildman–Crippen LogP) is 4.57. The molecule has 4 aromatic rings. The van der Waals surface area contributed by atoms with Crippen LogP contribution in [0.25, 0.3) is 11.1 Å². The SMILES string of the molecule is O=C(CSc1nc2ccccc2o1)N/N=C\c1ccc(OC(=O)c2c(F)cccc2F)cc1. The number of fused-ring (bicyclic) bond motifs is 1. The van der Waals surface area contributed by atoms with E-state index < -0.39 is 23.2 Å². The molecule has 0 aliphatic rings. The number of aromatic nitrogens is 1. The summed E-state index contributed by atoms with van der Waals surface area (Å²) in [6.07, 6.45) is 1.39. The van der Waals surface area contributed by atoms with Crippen molar-refractivity contribution in [2.45, 2.75) is 5.22 Å². The molecule has 0 spiro atoms. The number of para-hydroxylation sites is 2. The van der Waals surface area contributed by atoms with Gasteiger partial charge in [0.05, 0.1) is 12.0 Å². The Labute approximate surface area is 190 Å². The highest BCUT2D eigenvalue weighted by molar-refractivity contribution is 7.99. The number of rotatable bonds is 7. The largest absolute Gasteiger partial charge is 0.431 e. The highest BCUT2D eigenvalue weighted by atomic mass is 32.2. The number of hydrogen-bond acceptors (Lipinski definition) is 7. The smallest absolute Gasteiger partial charge is 0.349 e. The lowest BCUT2D eigenvalue weighted by Gasteiger charge is -2.06. The molecule has 0 atom stereocenters. The van der Waals surface area contributed by atoms with Crippen LogP contribution in [0, 0.1) is 11.6 Å². The van der Waals surface area contributed by atoms with Gasteiger partial charge in [-0.3, -0.25) is 4.79 Å². The maximum Gasteiger partial charge on any atom is 0.349 e. The van der Waals surface area contributed by atoms with Gasteiger partial charge in [0.1, 0.15) is 28.5 Å². The van der Waals surface area contributed by atoms with E-state index in [1.165, 1.54) is 18.3 Å². The van der Waals surface area contributed by atoms with Crippen LogP contribution in [0.15, 0.2) is 81.5 Å². The number of oxazole rings is 1. The monoisotopic (exact) mass is 467 g/mol. The number of ether oxygens (including phenoxy) is 1. The summed E-state index contributed by atoms with van der Waals surface area (Å²) in [5, 5.41) is 4.25. The minimum absolute atomic E-state index is 0.0612. The summed E-state index contributed by atoms with van der Waals surface area (Å²) in [5.74, 6) is -3.35. The third kappa shape index (κ3) is 5.60. The quantitative estimate of drug-likeness (QED) is 0.141. The highest BCUT2D eigenvalue weighted by Gasteiger charge is 2.19. The molecule has 0 bridgehead atoms. The van der Waals surface area contributed by atoms with Crippen LogP contribution >= 0.6 is 11.8 Å². The van der Waals surface area contributed by atoms with Gasteiger partial charge in [0.25, 0.3) is 11.1 Å². The fourth-order valence-electron chi connectivity index (χ4n) is 2.72.